The maximum absolute atomic E-state index is 13.2. The summed E-state index contributed by atoms with van der Waals surface area (Å²) < 4.78 is 17.4. The van der Waals surface area contributed by atoms with Crippen molar-refractivity contribution in [3.8, 4) is 11.3 Å². The Hall–Kier alpha value is -2.05. The fraction of sp³-hybridized carbons (Fsp3) is 0.125. The highest BCUT2D eigenvalue weighted by atomic mass is 32.1. The number of carbonyl (C=O) groups is 1. The first-order valence-electron chi connectivity index (χ1n) is 6.75. The summed E-state index contributed by atoms with van der Waals surface area (Å²) >= 11 is 2.80. The smallest absolute Gasteiger partial charge is 0.263 e. The Morgan fingerprint density at radius 3 is 2.91 bits per heavy atom. The van der Waals surface area contributed by atoms with Crippen molar-refractivity contribution in [3.63, 3.8) is 0 Å². The van der Waals surface area contributed by atoms with Crippen molar-refractivity contribution < 1.29 is 9.18 Å². The lowest BCUT2D eigenvalue weighted by Crippen LogP contribution is -2.24. The third-order valence-electron chi connectivity index (χ3n) is 3.09. The number of aromatic nitrogens is 1. The summed E-state index contributed by atoms with van der Waals surface area (Å²) in [6.45, 7) is 0.590. The zero-order chi connectivity index (χ0) is 15.4. The second-order valence-corrected chi connectivity index (χ2v) is 6.51. The number of benzene rings is 1. The number of rotatable bonds is 5. The molecule has 3 aromatic rings. The second kappa shape index (κ2) is 6.81. The molecule has 3 rings (SSSR count). The van der Waals surface area contributed by atoms with Gasteiger partial charge in [0.2, 0.25) is 0 Å². The van der Waals surface area contributed by atoms with Gasteiger partial charge in [0.15, 0.2) is 0 Å². The van der Waals surface area contributed by atoms with Crippen molar-refractivity contribution in [2.45, 2.75) is 6.42 Å². The number of carbonyl (C=O) groups excluding carboxylic acids is 1. The third-order valence-corrected chi connectivity index (χ3v) is 4.82. The monoisotopic (exact) mass is 332 g/mol. The Balaban J connectivity index is 1.62. The number of amides is 1. The summed E-state index contributed by atoms with van der Waals surface area (Å²) in [6.07, 6.45) is 0.818. The van der Waals surface area contributed by atoms with Crippen LogP contribution in [0.3, 0.4) is 0 Å². The lowest BCUT2D eigenvalue weighted by molar-refractivity contribution is 0.0958. The summed E-state index contributed by atoms with van der Waals surface area (Å²) in [5.74, 6) is -0.454. The molecule has 2 aromatic heterocycles. The van der Waals surface area contributed by atoms with Crippen molar-refractivity contribution in [1.82, 2.24) is 9.69 Å². The van der Waals surface area contributed by atoms with Crippen molar-refractivity contribution in [2.24, 2.45) is 0 Å². The van der Waals surface area contributed by atoms with Crippen LogP contribution in [0.5, 0.6) is 0 Å². The molecule has 0 radical (unpaired) electrons. The average Bonchev–Trinajstić information content (AvgIpc) is 3.19. The van der Waals surface area contributed by atoms with Crippen LogP contribution < -0.4 is 5.32 Å². The topological polar surface area (TPSA) is 42.0 Å². The summed E-state index contributed by atoms with van der Waals surface area (Å²) in [6, 6.07) is 11.9. The first-order valence-corrected chi connectivity index (χ1v) is 8.41. The number of hydrogen-bond acceptors (Lipinski definition) is 4. The summed E-state index contributed by atoms with van der Waals surface area (Å²) in [5, 5.41) is 4.90. The highest BCUT2D eigenvalue weighted by Gasteiger charge is 2.11. The molecule has 3 nitrogen and oxygen atoms in total. The van der Waals surface area contributed by atoms with Gasteiger partial charge in [-0.3, -0.25) is 4.79 Å². The molecule has 0 aliphatic rings. The Bertz CT molecular complexity index is 768. The molecule has 0 saturated carbocycles. The van der Waals surface area contributed by atoms with Crippen LogP contribution in [0.25, 0.3) is 11.3 Å². The largest absolute Gasteiger partial charge is 0.351 e. The van der Waals surface area contributed by atoms with Crippen LogP contribution in [0.15, 0.2) is 47.8 Å². The Labute approximate surface area is 135 Å². The molecular formula is C16H13FN2OS2. The van der Waals surface area contributed by atoms with E-state index in [1.165, 1.54) is 17.0 Å². The van der Waals surface area contributed by atoms with Gasteiger partial charge in [0.1, 0.15) is 10.7 Å². The predicted molar refractivity (Wildman–Crippen MR) is 87.9 cm³/mol. The van der Waals surface area contributed by atoms with E-state index in [4.69, 9.17) is 0 Å². The molecule has 0 atom stereocenters. The minimum atomic E-state index is -0.313. The molecule has 0 spiro atoms. The first-order chi connectivity index (χ1) is 10.7. The van der Waals surface area contributed by atoms with Gasteiger partial charge in [0, 0.05) is 17.0 Å². The van der Waals surface area contributed by atoms with Gasteiger partial charge in [-0.1, -0.05) is 18.2 Å². The number of nitrogens with one attached hydrogen (secondary N) is 1. The van der Waals surface area contributed by atoms with E-state index in [1.54, 1.807) is 29.5 Å². The molecule has 1 N–H and O–H groups in total. The zero-order valence-corrected chi connectivity index (χ0v) is 13.2. The van der Waals surface area contributed by atoms with Crippen molar-refractivity contribution in [3.05, 3.63) is 63.4 Å². The lowest BCUT2D eigenvalue weighted by atomic mass is 10.1. The van der Waals surface area contributed by atoms with Crippen LogP contribution >= 0.6 is 22.9 Å². The standard InChI is InChI=1S/C16H13FN2OS2/c17-12-4-1-3-11(9-12)14-10-15(22-19-14)16(20)18-7-6-13-5-2-8-21-13/h1-5,8-10H,6-7H2,(H,18,20). The van der Waals surface area contributed by atoms with E-state index < -0.39 is 0 Å². The molecule has 112 valence electrons. The van der Waals surface area contributed by atoms with E-state index in [0.29, 0.717) is 22.7 Å². The van der Waals surface area contributed by atoms with E-state index in [2.05, 4.69) is 9.69 Å². The molecule has 0 saturated heterocycles. The van der Waals surface area contributed by atoms with Gasteiger partial charge in [0.05, 0.1) is 5.69 Å². The molecule has 0 fully saturated rings. The van der Waals surface area contributed by atoms with Gasteiger partial charge in [-0.15, -0.1) is 11.3 Å². The number of nitrogens with zero attached hydrogens (tertiary/aromatic N) is 1. The van der Waals surface area contributed by atoms with Gasteiger partial charge < -0.3 is 5.32 Å². The van der Waals surface area contributed by atoms with Crippen LogP contribution in [0.4, 0.5) is 4.39 Å². The Morgan fingerprint density at radius 1 is 1.23 bits per heavy atom. The van der Waals surface area contributed by atoms with Crippen LogP contribution in [0, 0.1) is 5.82 Å². The number of thiophene rings is 1. The van der Waals surface area contributed by atoms with E-state index in [1.807, 2.05) is 17.5 Å². The van der Waals surface area contributed by atoms with Crippen molar-refractivity contribution >= 4 is 28.8 Å². The van der Waals surface area contributed by atoms with Crippen LogP contribution in [0.2, 0.25) is 0 Å². The van der Waals surface area contributed by atoms with E-state index >= 15 is 0 Å². The summed E-state index contributed by atoms with van der Waals surface area (Å²) in [5.41, 5.74) is 1.29. The van der Waals surface area contributed by atoms with Crippen LogP contribution in [-0.2, 0) is 6.42 Å². The van der Waals surface area contributed by atoms with Gasteiger partial charge in [-0.25, -0.2) is 4.39 Å². The third kappa shape index (κ3) is 3.58. The average molecular weight is 332 g/mol. The highest BCUT2D eigenvalue weighted by Crippen LogP contribution is 2.22. The molecule has 1 amide bonds. The second-order valence-electron chi connectivity index (χ2n) is 4.67. The van der Waals surface area contributed by atoms with Crippen LogP contribution in [0.1, 0.15) is 14.5 Å². The molecule has 6 heteroatoms. The van der Waals surface area contributed by atoms with E-state index in [0.717, 1.165) is 18.0 Å². The maximum atomic E-state index is 13.2. The molecule has 0 aliphatic carbocycles. The van der Waals surface area contributed by atoms with Gasteiger partial charge >= 0.3 is 0 Å². The Kier molecular flexibility index (Phi) is 4.60. The SMILES string of the molecule is O=C(NCCc1cccs1)c1cc(-c2cccc(F)c2)ns1. The molecular weight excluding hydrogens is 319 g/mol. The summed E-state index contributed by atoms with van der Waals surface area (Å²) in [4.78, 5) is 13.8. The van der Waals surface area contributed by atoms with Crippen LogP contribution in [-0.4, -0.2) is 16.8 Å². The van der Waals surface area contributed by atoms with Gasteiger partial charge in [-0.2, -0.15) is 4.37 Å². The zero-order valence-electron chi connectivity index (χ0n) is 11.6. The highest BCUT2D eigenvalue weighted by molar-refractivity contribution is 7.10. The Morgan fingerprint density at radius 2 is 2.14 bits per heavy atom. The minimum Gasteiger partial charge on any atom is -0.351 e. The molecule has 1 aromatic carbocycles. The fourth-order valence-electron chi connectivity index (χ4n) is 2.01. The van der Waals surface area contributed by atoms with Gasteiger partial charge in [-0.05, 0) is 47.6 Å². The molecule has 2 heterocycles. The van der Waals surface area contributed by atoms with E-state index in [9.17, 15) is 9.18 Å². The minimum absolute atomic E-state index is 0.142. The van der Waals surface area contributed by atoms with Crippen molar-refractivity contribution in [1.29, 1.82) is 0 Å². The lowest BCUT2D eigenvalue weighted by Gasteiger charge is -2.01. The van der Waals surface area contributed by atoms with Gasteiger partial charge in [0.25, 0.3) is 5.91 Å². The molecule has 0 unspecified atom stereocenters. The number of hydrogen-bond donors (Lipinski definition) is 1. The molecule has 0 bridgehead atoms. The maximum Gasteiger partial charge on any atom is 0.263 e. The predicted octanol–water partition coefficient (Wildman–Crippen LogP) is 3.98. The first kappa shape index (κ1) is 14.9. The van der Waals surface area contributed by atoms with E-state index in [-0.39, 0.29) is 11.7 Å². The van der Waals surface area contributed by atoms with Crippen molar-refractivity contribution in [2.75, 3.05) is 6.54 Å². The quantitative estimate of drug-likeness (QED) is 0.768. The normalized spacial score (nSPS) is 10.6. The molecule has 22 heavy (non-hydrogen) atoms. The number of halogens is 1. The summed E-state index contributed by atoms with van der Waals surface area (Å²) in [7, 11) is 0. The fourth-order valence-corrected chi connectivity index (χ4v) is 3.39. The molecule has 0 aliphatic heterocycles.